The van der Waals surface area contributed by atoms with Gasteiger partial charge in [-0.3, -0.25) is 9.69 Å². The average Bonchev–Trinajstić information content (AvgIpc) is 2.74. The van der Waals surface area contributed by atoms with Gasteiger partial charge in [-0.15, -0.1) is 0 Å². The van der Waals surface area contributed by atoms with E-state index < -0.39 is 10.0 Å². The van der Waals surface area contributed by atoms with E-state index in [0.29, 0.717) is 6.54 Å². The van der Waals surface area contributed by atoms with Gasteiger partial charge in [0, 0.05) is 52.0 Å². The van der Waals surface area contributed by atoms with Crippen LogP contribution < -0.4 is 14.9 Å². The van der Waals surface area contributed by atoms with Crippen molar-refractivity contribution in [3.8, 4) is 0 Å². The number of nitrogens with one attached hydrogen (secondary N) is 2. The fraction of sp³-hybridized carbons (Fsp3) is 0.450. The Bertz CT molecular complexity index is 931. The number of anilines is 2. The molecule has 1 fully saturated rings. The van der Waals surface area contributed by atoms with Gasteiger partial charge in [0.25, 0.3) is 0 Å². The van der Waals surface area contributed by atoms with Crippen LogP contribution >= 0.6 is 0 Å². The molecule has 1 aromatic heterocycles. The number of benzene rings is 1. The molecule has 1 saturated heterocycles. The van der Waals surface area contributed by atoms with Gasteiger partial charge in [0.15, 0.2) is 0 Å². The van der Waals surface area contributed by atoms with Gasteiger partial charge in [0.05, 0.1) is 5.69 Å². The lowest BCUT2D eigenvalue weighted by Crippen LogP contribution is -2.47. The van der Waals surface area contributed by atoms with Crippen LogP contribution in [0.4, 0.5) is 11.6 Å². The molecular formula is C20H28N6O3S. The Balaban J connectivity index is 1.39. The fourth-order valence-corrected chi connectivity index (χ4v) is 4.60. The summed E-state index contributed by atoms with van der Waals surface area (Å²) in [5.41, 5.74) is 0.290. The van der Waals surface area contributed by atoms with Crippen molar-refractivity contribution in [1.29, 1.82) is 0 Å². The maximum absolute atomic E-state index is 12.6. The number of hydrogen-bond acceptors (Lipinski definition) is 7. The zero-order chi connectivity index (χ0) is 21.4. The van der Waals surface area contributed by atoms with E-state index in [9.17, 15) is 13.2 Å². The third kappa shape index (κ3) is 6.22. The molecule has 30 heavy (non-hydrogen) atoms. The number of amides is 1. The Morgan fingerprint density at radius 3 is 2.43 bits per heavy atom. The van der Waals surface area contributed by atoms with Gasteiger partial charge >= 0.3 is 0 Å². The predicted molar refractivity (Wildman–Crippen MR) is 116 cm³/mol. The van der Waals surface area contributed by atoms with Crippen molar-refractivity contribution in [2.24, 2.45) is 0 Å². The summed E-state index contributed by atoms with van der Waals surface area (Å²) in [5.74, 6) is 0.461. The van der Waals surface area contributed by atoms with E-state index in [1.54, 1.807) is 30.6 Å². The zero-order valence-electron chi connectivity index (χ0n) is 17.1. The van der Waals surface area contributed by atoms with Crippen molar-refractivity contribution in [3.05, 3.63) is 42.7 Å². The highest BCUT2D eigenvalue weighted by molar-refractivity contribution is 7.89. The Morgan fingerprint density at radius 2 is 1.73 bits per heavy atom. The molecule has 1 amide bonds. The van der Waals surface area contributed by atoms with Crippen molar-refractivity contribution >= 4 is 27.6 Å². The van der Waals surface area contributed by atoms with Crippen LogP contribution in [0.2, 0.25) is 0 Å². The van der Waals surface area contributed by atoms with Crippen molar-refractivity contribution in [2.45, 2.75) is 24.7 Å². The Labute approximate surface area is 177 Å². The monoisotopic (exact) mass is 432 g/mol. The standard InChI is InChI=1S/C20H28N6O3S/c1-17(27)24-18-7-2-3-8-19(18)30(28,29)23-11-4-5-12-25-13-15-26(16-14-25)20-21-9-6-10-22-20/h2-3,6-10,23H,4-5,11-16H2,1H3,(H,24,27). The molecule has 9 nitrogen and oxygen atoms in total. The summed E-state index contributed by atoms with van der Waals surface area (Å²) in [6.45, 7) is 6.28. The van der Waals surface area contributed by atoms with Crippen molar-refractivity contribution in [1.82, 2.24) is 19.6 Å². The summed E-state index contributed by atoms with van der Waals surface area (Å²) in [5, 5.41) is 2.56. The topological polar surface area (TPSA) is 108 Å². The van der Waals surface area contributed by atoms with Gasteiger partial charge in [0.2, 0.25) is 21.9 Å². The summed E-state index contributed by atoms with van der Waals surface area (Å²) in [6, 6.07) is 8.21. The third-order valence-corrected chi connectivity index (χ3v) is 6.41. The van der Waals surface area contributed by atoms with Crippen molar-refractivity contribution in [2.75, 3.05) is 49.5 Å². The number of nitrogens with zero attached hydrogens (tertiary/aromatic N) is 4. The fourth-order valence-electron chi connectivity index (χ4n) is 3.36. The molecule has 1 aromatic carbocycles. The third-order valence-electron chi connectivity index (χ3n) is 4.89. The molecule has 162 valence electrons. The highest BCUT2D eigenvalue weighted by Crippen LogP contribution is 2.20. The van der Waals surface area contributed by atoms with Crippen LogP contribution in [-0.2, 0) is 14.8 Å². The van der Waals surface area contributed by atoms with Gasteiger partial charge in [-0.25, -0.2) is 23.1 Å². The number of carbonyl (C=O) groups is 1. The molecule has 2 heterocycles. The van der Waals surface area contributed by atoms with Gasteiger partial charge < -0.3 is 10.2 Å². The molecule has 0 saturated carbocycles. The highest BCUT2D eigenvalue weighted by atomic mass is 32.2. The molecule has 0 bridgehead atoms. The summed E-state index contributed by atoms with van der Waals surface area (Å²) in [6.07, 6.45) is 5.15. The summed E-state index contributed by atoms with van der Waals surface area (Å²) >= 11 is 0. The molecule has 1 aliphatic heterocycles. The lowest BCUT2D eigenvalue weighted by atomic mass is 10.2. The Morgan fingerprint density at radius 1 is 1.03 bits per heavy atom. The number of aromatic nitrogens is 2. The number of rotatable bonds is 9. The molecule has 0 radical (unpaired) electrons. The smallest absolute Gasteiger partial charge is 0.242 e. The summed E-state index contributed by atoms with van der Waals surface area (Å²) in [4.78, 5) is 24.5. The first-order valence-corrected chi connectivity index (χ1v) is 11.5. The van der Waals surface area contributed by atoms with Crippen molar-refractivity contribution < 1.29 is 13.2 Å². The van der Waals surface area contributed by atoms with E-state index >= 15 is 0 Å². The normalized spacial score (nSPS) is 15.2. The Hall–Kier alpha value is -2.56. The number of unbranched alkanes of at least 4 members (excludes halogenated alkanes) is 1. The molecule has 0 atom stereocenters. The predicted octanol–water partition coefficient (Wildman–Crippen LogP) is 1.32. The molecule has 2 N–H and O–H groups in total. The van der Waals surface area contributed by atoms with Crippen molar-refractivity contribution in [3.63, 3.8) is 0 Å². The Kier molecular flexibility index (Phi) is 7.72. The van der Waals surface area contributed by atoms with E-state index in [1.807, 2.05) is 6.07 Å². The second-order valence-corrected chi connectivity index (χ2v) is 8.90. The van der Waals surface area contributed by atoms with Crippen LogP contribution in [0.15, 0.2) is 47.6 Å². The van der Waals surface area contributed by atoms with E-state index in [1.165, 1.54) is 13.0 Å². The first-order valence-electron chi connectivity index (χ1n) is 10.1. The average molecular weight is 433 g/mol. The largest absolute Gasteiger partial charge is 0.338 e. The van der Waals surface area contributed by atoms with Crippen LogP contribution in [0.1, 0.15) is 19.8 Å². The van der Waals surface area contributed by atoms with Crippen LogP contribution in [-0.4, -0.2) is 68.5 Å². The maximum atomic E-state index is 12.6. The molecular weight excluding hydrogens is 404 g/mol. The quantitative estimate of drug-likeness (QED) is 0.575. The van der Waals surface area contributed by atoms with E-state index in [0.717, 1.165) is 51.5 Å². The minimum atomic E-state index is -3.68. The van der Waals surface area contributed by atoms with E-state index in [2.05, 4.69) is 29.8 Å². The second-order valence-electron chi connectivity index (χ2n) is 7.16. The van der Waals surface area contributed by atoms with Gasteiger partial charge in [0.1, 0.15) is 4.90 Å². The van der Waals surface area contributed by atoms with E-state index in [4.69, 9.17) is 0 Å². The van der Waals surface area contributed by atoms with Crippen LogP contribution in [0.5, 0.6) is 0 Å². The number of hydrogen-bond donors (Lipinski definition) is 2. The molecule has 0 spiro atoms. The number of carbonyl (C=O) groups excluding carboxylic acids is 1. The summed E-state index contributed by atoms with van der Waals surface area (Å²) in [7, 11) is -3.68. The molecule has 0 aliphatic carbocycles. The van der Waals surface area contributed by atoms with Gasteiger partial charge in [-0.05, 0) is 37.6 Å². The van der Waals surface area contributed by atoms with Crippen LogP contribution in [0.3, 0.4) is 0 Å². The molecule has 3 rings (SSSR count). The lowest BCUT2D eigenvalue weighted by Gasteiger charge is -2.34. The SMILES string of the molecule is CC(=O)Nc1ccccc1S(=O)(=O)NCCCCN1CCN(c2ncccn2)CC1. The van der Waals surface area contributed by atoms with E-state index in [-0.39, 0.29) is 16.5 Å². The van der Waals surface area contributed by atoms with Gasteiger partial charge in [-0.1, -0.05) is 12.1 Å². The molecule has 0 unspecified atom stereocenters. The first kappa shape index (κ1) is 22.1. The highest BCUT2D eigenvalue weighted by Gasteiger charge is 2.20. The lowest BCUT2D eigenvalue weighted by molar-refractivity contribution is -0.114. The number of para-hydroxylation sites is 1. The molecule has 2 aromatic rings. The maximum Gasteiger partial charge on any atom is 0.242 e. The number of sulfonamides is 1. The minimum Gasteiger partial charge on any atom is -0.338 e. The molecule has 10 heteroatoms. The second kappa shape index (κ2) is 10.5. The minimum absolute atomic E-state index is 0.0828. The summed E-state index contributed by atoms with van der Waals surface area (Å²) < 4.78 is 27.8. The number of piperazine rings is 1. The molecule has 1 aliphatic rings. The van der Waals surface area contributed by atoms with Crippen LogP contribution in [0, 0.1) is 0 Å². The van der Waals surface area contributed by atoms with Crippen LogP contribution in [0.25, 0.3) is 0 Å². The first-order chi connectivity index (χ1) is 14.5. The zero-order valence-corrected chi connectivity index (χ0v) is 17.9. The van der Waals surface area contributed by atoms with Gasteiger partial charge in [-0.2, -0.15) is 0 Å².